The Bertz CT molecular complexity index is 462. The summed E-state index contributed by atoms with van der Waals surface area (Å²) in [6, 6.07) is 6.08. The van der Waals surface area contributed by atoms with Crippen molar-refractivity contribution < 1.29 is 14.6 Å². The van der Waals surface area contributed by atoms with E-state index in [2.05, 4.69) is 13.5 Å². The zero-order chi connectivity index (χ0) is 16.4. The molecular weight excluding hydrogens is 276 g/mol. The van der Waals surface area contributed by atoms with Crippen molar-refractivity contribution in [2.45, 2.75) is 52.4 Å². The summed E-state index contributed by atoms with van der Waals surface area (Å²) in [6.07, 6.45) is 7.24. The van der Waals surface area contributed by atoms with E-state index in [9.17, 15) is 9.90 Å². The zero-order valence-electron chi connectivity index (χ0n) is 13.8. The SMILES string of the molecule is C=C(CCCCCCC)C(C)COC(=O)c1ccc(O)cc1. The Balaban J connectivity index is 2.26. The van der Waals surface area contributed by atoms with Crippen molar-refractivity contribution in [3.8, 4) is 5.75 Å². The molecule has 1 N–H and O–H groups in total. The smallest absolute Gasteiger partial charge is 0.338 e. The number of hydrogen-bond donors (Lipinski definition) is 1. The standard InChI is InChI=1S/C19H28O3/c1-4-5-6-7-8-9-15(2)16(3)14-22-19(21)17-10-12-18(20)13-11-17/h10-13,16,20H,2,4-9,14H2,1,3H3. The minimum Gasteiger partial charge on any atom is -0.508 e. The molecule has 0 spiro atoms. The second kappa shape index (κ2) is 10.0. The van der Waals surface area contributed by atoms with Crippen LogP contribution in [-0.4, -0.2) is 17.7 Å². The summed E-state index contributed by atoms with van der Waals surface area (Å²) in [5.74, 6) is -0.0452. The predicted molar refractivity (Wildman–Crippen MR) is 90.1 cm³/mol. The maximum absolute atomic E-state index is 11.9. The summed E-state index contributed by atoms with van der Waals surface area (Å²) >= 11 is 0. The maximum Gasteiger partial charge on any atom is 0.338 e. The second-order valence-electron chi connectivity index (χ2n) is 5.87. The van der Waals surface area contributed by atoms with Crippen LogP contribution in [0.5, 0.6) is 5.75 Å². The van der Waals surface area contributed by atoms with Crippen molar-refractivity contribution in [3.63, 3.8) is 0 Å². The number of unbranched alkanes of at least 4 members (excludes halogenated alkanes) is 4. The van der Waals surface area contributed by atoms with Gasteiger partial charge in [-0.05, 0) is 37.1 Å². The largest absolute Gasteiger partial charge is 0.508 e. The van der Waals surface area contributed by atoms with Crippen LogP contribution in [0.2, 0.25) is 0 Å². The first-order valence-corrected chi connectivity index (χ1v) is 8.18. The Labute approximate surface area is 134 Å². The molecule has 0 aliphatic rings. The summed E-state index contributed by atoms with van der Waals surface area (Å²) in [5, 5.41) is 9.20. The highest BCUT2D eigenvalue weighted by Crippen LogP contribution is 2.18. The van der Waals surface area contributed by atoms with Crippen molar-refractivity contribution >= 4 is 5.97 Å². The minimum absolute atomic E-state index is 0.140. The summed E-state index contributed by atoms with van der Waals surface area (Å²) in [6.45, 7) is 8.72. The van der Waals surface area contributed by atoms with Crippen LogP contribution in [0, 0.1) is 5.92 Å². The van der Waals surface area contributed by atoms with E-state index >= 15 is 0 Å². The highest BCUT2D eigenvalue weighted by Gasteiger charge is 2.12. The Hall–Kier alpha value is -1.77. The van der Waals surface area contributed by atoms with Crippen molar-refractivity contribution in [2.75, 3.05) is 6.61 Å². The number of rotatable bonds is 10. The number of aromatic hydroxyl groups is 1. The van der Waals surface area contributed by atoms with Crippen LogP contribution in [0.4, 0.5) is 0 Å². The fourth-order valence-corrected chi connectivity index (χ4v) is 2.20. The maximum atomic E-state index is 11.9. The van der Waals surface area contributed by atoms with Crippen LogP contribution >= 0.6 is 0 Å². The molecule has 0 bridgehead atoms. The number of phenolic OH excluding ortho intramolecular Hbond substituents is 1. The van der Waals surface area contributed by atoms with E-state index in [0.29, 0.717) is 12.2 Å². The zero-order valence-corrected chi connectivity index (χ0v) is 13.8. The van der Waals surface area contributed by atoms with Crippen LogP contribution in [-0.2, 0) is 4.74 Å². The van der Waals surface area contributed by atoms with Gasteiger partial charge in [0.05, 0.1) is 12.2 Å². The van der Waals surface area contributed by atoms with Crippen LogP contribution in [0.25, 0.3) is 0 Å². The van der Waals surface area contributed by atoms with Gasteiger partial charge in [-0.1, -0.05) is 51.7 Å². The van der Waals surface area contributed by atoms with Gasteiger partial charge in [0.25, 0.3) is 0 Å². The molecule has 3 heteroatoms. The summed E-state index contributed by atoms with van der Waals surface area (Å²) in [5.41, 5.74) is 1.60. The first kappa shape index (κ1) is 18.3. The average molecular weight is 304 g/mol. The highest BCUT2D eigenvalue weighted by molar-refractivity contribution is 5.89. The number of ether oxygens (including phenoxy) is 1. The quantitative estimate of drug-likeness (QED) is 0.371. The Morgan fingerprint density at radius 3 is 2.45 bits per heavy atom. The third-order valence-electron chi connectivity index (χ3n) is 3.87. The van der Waals surface area contributed by atoms with Crippen LogP contribution in [0.1, 0.15) is 62.7 Å². The van der Waals surface area contributed by atoms with E-state index in [-0.39, 0.29) is 17.6 Å². The Kier molecular flexibility index (Phi) is 8.34. The van der Waals surface area contributed by atoms with E-state index in [1.54, 1.807) is 12.1 Å². The van der Waals surface area contributed by atoms with Crippen LogP contribution < -0.4 is 0 Å². The monoisotopic (exact) mass is 304 g/mol. The van der Waals surface area contributed by atoms with Crippen molar-refractivity contribution in [1.29, 1.82) is 0 Å². The molecule has 122 valence electrons. The van der Waals surface area contributed by atoms with Crippen molar-refractivity contribution in [3.05, 3.63) is 42.0 Å². The van der Waals surface area contributed by atoms with E-state index < -0.39 is 0 Å². The lowest BCUT2D eigenvalue weighted by Crippen LogP contribution is -2.13. The fraction of sp³-hybridized carbons (Fsp3) is 0.526. The lowest BCUT2D eigenvalue weighted by molar-refractivity contribution is 0.0466. The van der Waals surface area contributed by atoms with Gasteiger partial charge >= 0.3 is 5.97 Å². The molecule has 0 aromatic heterocycles. The van der Waals surface area contributed by atoms with Crippen molar-refractivity contribution in [1.82, 2.24) is 0 Å². The van der Waals surface area contributed by atoms with E-state index in [1.807, 2.05) is 6.92 Å². The molecule has 0 saturated heterocycles. The minimum atomic E-state index is -0.359. The van der Waals surface area contributed by atoms with Crippen molar-refractivity contribution in [2.24, 2.45) is 5.92 Å². The normalized spacial score (nSPS) is 11.9. The lowest BCUT2D eigenvalue weighted by atomic mass is 9.97. The van der Waals surface area contributed by atoms with E-state index in [0.717, 1.165) is 18.4 Å². The molecule has 0 radical (unpaired) electrons. The number of carbonyl (C=O) groups is 1. The summed E-state index contributed by atoms with van der Waals surface area (Å²) < 4.78 is 5.31. The molecule has 0 aliphatic carbocycles. The lowest BCUT2D eigenvalue weighted by Gasteiger charge is -2.15. The Morgan fingerprint density at radius 1 is 1.18 bits per heavy atom. The molecule has 0 amide bonds. The van der Waals surface area contributed by atoms with Crippen LogP contribution in [0.3, 0.4) is 0 Å². The molecule has 0 fully saturated rings. The predicted octanol–water partition coefficient (Wildman–Crippen LogP) is 5.10. The van der Waals surface area contributed by atoms with Gasteiger partial charge in [-0.2, -0.15) is 0 Å². The van der Waals surface area contributed by atoms with Gasteiger partial charge in [-0.15, -0.1) is 0 Å². The first-order valence-electron chi connectivity index (χ1n) is 8.18. The van der Waals surface area contributed by atoms with Gasteiger partial charge in [0.1, 0.15) is 5.75 Å². The molecule has 1 rings (SSSR count). The molecule has 0 saturated carbocycles. The first-order chi connectivity index (χ1) is 10.5. The highest BCUT2D eigenvalue weighted by atomic mass is 16.5. The Morgan fingerprint density at radius 2 is 1.82 bits per heavy atom. The third kappa shape index (κ3) is 6.79. The summed E-state index contributed by atoms with van der Waals surface area (Å²) in [7, 11) is 0. The summed E-state index contributed by atoms with van der Waals surface area (Å²) in [4.78, 5) is 11.9. The van der Waals surface area contributed by atoms with Gasteiger partial charge in [0.2, 0.25) is 0 Å². The molecule has 3 nitrogen and oxygen atoms in total. The number of phenols is 1. The second-order valence-corrected chi connectivity index (χ2v) is 5.87. The molecule has 1 unspecified atom stereocenters. The number of carbonyl (C=O) groups excluding carboxylic acids is 1. The fourth-order valence-electron chi connectivity index (χ4n) is 2.20. The van der Waals surface area contributed by atoms with Gasteiger partial charge in [0, 0.05) is 5.92 Å². The molecule has 0 aliphatic heterocycles. The van der Waals surface area contributed by atoms with Gasteiger partial charge < -0.3 is 9.84 Å². The van der Waals surface area contributed by atoms with Gasteiger partial charge in [-0.25, -0.2) is 4.79 Å². The molecule has 22 heavy (non-hydrogen) atoms. The molecular formula is C19H28O3. The number of benzene rings is 1. The van der Waals surface area contributed by atoms with E-state index in [4.69, 9.17) is 4.74 Å². The van der Waals surface area contributed by atoms with Crippen LogP contribution in [0.15, 0.2) is 36.4 Å². The molecule has 0 heterocycles. The number of esters is 1. The molecule has 1 aromatic rings. The average Bonchev–Trinajstić information content (AvgIpc) is 2.52. The van der Waals surface area contributed by atoms with Gasteiger partial charge in [0.15, 0.2) is 0 Å². The van der Waals surface area contributed by atoms with Gasteiger partial charge in [-0.3, -0.25) is 0 Å². The topological polar surface area (TPSA) is 46.5 Å². The van der Waals surface area contributed by atoms with E-state index in [1.165, 1.54) is 37.8 Å². The third-order valence-corrected chi connectivity index (χ3v) is 3.87. The number of hydrogen-bond acceptors (Lipinski definition) is 3. The molecule has 1 aromatic carbocycles. The molecule has 1 atom stereocenters.